The Kier molecular flexibility index (Phi) is 17.2. The number of ether oxygens (including phenoxy) is 1. The maximum atomic E-state index is 12.8. The Hall–Kier alpha value is -2.22. The molecule has 36 heavy (non-hydrogen) atoms. The highest BCUT2D eigenvalue weighted by Crippen LogP contribution is 2.26. The number of hydrogen-bond acceptors (Lipinski definition) is 6. The number of carbonyl (C=O) groups excluding carboxylic acids is 2. The zero-order valence-corrected chi connectivity index (χ0v) is 24.9. The van der Waals surface area contributed by atoms with E-state index >= 15 is 0 Å². The number of rotatable bonds is 4. The number of carboxylic acids is 1. The highest BCUT2D eigenvalue weighted by molar-refractivity contribution is 9.10. The number of halogens is 1. The molecule has 1 aliphatic heterocycles. The number of nitrogens with one attached hydrogen (secondary N) is 1. The normalized spacial score (nSPS) is 15.4. The first-order valence-corrected chi connectivity index (χ1v) is 13.2. The van der Waals surface area contributed by atoms with E-state index < -0.39 is 35.2 Å². The fourth-order valence-corrected chi connectivity index (χ4v) is 3.54. The summed E-state index contributed by atoms with van der Waals surface area (Å²) in [5.41, 5.74) is -1.24. The standard InChI is InChI=1S/C16H28N2O5.C6H5BrOS.C2H6.C2H2/c1-15(2,3)11(17-14(22)23-16(4,5)6)12(19)18-9-7-8-10(18)13(20)21;7-5-1-3-6(9-8)4-2-5;2*1-2/h10-11H,7-9H2,1-6H3,(H,17,22)(H,20,21);1-4,8H;1-2H3;1-2H/t10-,11+;;;/m0.../s1. The predicted molar refractivity (Wildman–Crippen MR) is 149 cm³/mol. The van der Waals surface area contributed by atoms with Gasteiger partial charge in [-0.05, 0) is 63.3 Å². The van der Waals surface area contributed by atoms with Crippen LogP contribution in [-0.4, -0.2) is 56.8 Å². The number of carboxylic acid groups (broad SMARTS) is 1. The molecule has 8 nitrogen and oxygen atoms in total. The molecule has 2 amide bonds. The maximum absolute atomic E-state index is 12.8. The molecule has 2 rings (SSSR count). The number of terminal acetylenes is 1. The number of aliphatic carboxylic acids is 1. The van der Waals surface area contributed by atoms with Gasteiger partial charge in [-0.25, -0.2) is 9.59 Å². The molecule has 0 unspecified atom stereocenters. The molecule has 1 aliphatic rings. The first kappa shape index (κ1) is 35.9. The molecule has 10 heteroatoms. The van der Waals surface area contributed by atoms with Crippen LogP contribution in [0.5, 0.6) is 0 Å². The molecular formula is C26H41BrN2O6S. The van der Waals surface area contributed by atoms with Crippen molar-refractivity contribution in [2.24, 2.45) is 5.41 Å². The maximum Gasteiger partial charge on any atom is 0.408 e. The van der Waals surface area contributed by atoms with E-state index in [1.807, 2.05) is 58.9 Å². The summed E-state index contributed by atoms with van der Waals surface area (Å²) in [6, 6.07) is 5.78. The molecule has 1 fully saturated rings. The van der Waals surface area contributed by atoms with Crippen molar-refractivity contribution >= 4 is 45.9 Å². The minimum Gasteiger partial charge on any atom is -0.480 e. The average molecular weight is 590 g/mol. The minimum atomic E-state index is -1.01. The number of nitrogens with zero attached hydrogens (tertiary/aromatic N) is 1. The molecule has 2 atom stereocenters. The van der Waals surface area contributed by atoms with Gasteiger partial charge < -0.3 is 24.6 Å². The summed E-state index contributed by atoms with van der Waals surface area (Å²) in [7, 11) is 0. The van der Waals surface area contributed by atoms with E-state index in [1.165, 1.54) is 4.90 Å². The van der Waals surface area contributed by atoms with Crippen molar-refractivity contribution in [3.63, 3.8) is 0 Å². The van der Waals surface area contributed by atoms with E-state index in [2.05, 4.69) is 34.1 Å². The Morgan fingerprint density at radius 3 is 2.00 bits per heavy atom. The minimum absolute atomic E-state index is 0.381. The van der Waals surface area contributed by atoms with Gasteiger partial charge in [0.25, 0.3) is 0 Å². The zero-order valence-electron chi connectivity index (χ0n) is 22.5. The van der Waals surface area contributed by atoms with E-state index in [1.54, 1.807) is 20.8 Å². The second-order valence-electron chi connectivity index (χ2n) is 9.52. The number of carbonyl (C=O) groups is 3. The van der Waals surface area contributed by atoms with Crippen LogP contribution in [0.2, 0.25) is 0 Å². The van der Waals surface area contributed by atoms with E-state index in [9.17, 15) is 19.5 Å². The Morgan fingerprint density at radius 1 is 1.11 bits per heavy atom. The van der Waals surface area contributed by atoms with E-state index in [0.29, 0.717) is 19.4 Å². The van der Waals surface area contributed by atoms with Crippen molar-refractivity contribution in [3.8, 4) is 12.8 Å². The molecule has 1 heterocycles. The van der Waals surface area contributed by atoms with Gasteiger partial charge in [-0.3, -0.25) is 4.79 Å². The molecule has 1 aromatic carbocycles. The van der Waals surface area contributed by atoms with Gasteiger partial charge in [-0.15, -0.1) is 12.8 Å². The molecule has 1 saturated heterocycles. The number of alkyl carbamates (subject to hydrolysis) is 1. The Bertz CT molecular complexity index is 832. The topological polar surface area (TPSA) is 116 Å². The summed E-state index contributed by atoms with van der Waals surface area (Å²) in [4.78, 5) is 38.3. The summed E-state index contributed by atoms with van der Waals surface area (Å²) in [5.74, 6) is -1.39. The van der Waals surface area contributed by atoms with Gasteiger partial charge in [0, 0.05) is 28.0 Å². The van der Waals surface area contributed by atoms with Gasteiger partial charge in [-0.2, -0.15) is 0 Å². The highest BCUT2D eigenvalue weighted by atomic mass is 79.9. The fraction of sp³-hybridized carbons (Fsp3) is 0.577. The lowest BCUT2D eigenvalue weighted by Gasteiger charge is -2.35. The number of benzene rings is 1. The smallest absolute Gasteiger partial charge is 0.408 e. The molecule has 0 aromatic heterocycles. The van der Waals surface area contributed by atoms with Crippen LogP contribution >= 0.6 is 28.0 Å². The van der Waals surface area contributed by atoms with Crippen LogP contribution in [0, 0.1) is 18.3 Å². The highest BCUT2D eigenvalue weighted by Gasteiger charge is 2.42. The fourth-order valence-electron chi connectivity index (χ4n) is 3.02. The van der Waals surface area contributed by atoms with Crippen LogP contribution in [0.3, 0.4) is 0 Å². The van der Waals surface area contributed by atoms with Gasteiger partial charge in [0.2, 0.25) is 5.91 Å². The van der Waals surface area contributed by atoms with Crippen molar-refractivity contribution in [3.05, 3.63) is 28.7 Å². The van der Waals surface area contributed by atoms with Crippen molar-refractivity contribution in [1.82, 2.24) is 10.2 Å². The van der Waals surface area contributed by atoms with Crippen molar-refractivity contribution < 1.29 is 28.8 Å². The predicted octanol–water partition coefficient (Wildman–Crippen LogP) is 6.29. The lowest BCUT2D eigenvalue weighted by molar-refractivity contribution is -0.150. The molecule has 0 spiro atoms. The first-order valence-electron chi connectivity index (χ1n) is 11.6. The molecule has 204 valence electrons. The van der Waals surface area contributed by atoms with Crippen LogP contribution in [0.15, 0.2) is 33.6 Å². The summed E-state index contributed by atoms with van der Waals surface area (Å²) in [6.45, 7) is 15.1. The summed E-state index contributed by atoms with van der Waals surface area (Å²) in [6.07, 6.45) is 8.40. The van der Waals surface area contributed by atoms with E-state index in [0.717, 1.165) is 21.4 Å². The molecule has 0 bridgehead atoms. The lowest BCUT2D eigenvalue weighted by atomic mass is 9.85. The Labute approximate surface area is 228 Å². The van der Waals surface area contributed by atoms with Gasteiger partial charge in [0.05, 0.1) is 0 Å². The van der Waals surface area contributed by atoms with Gasteiger partial charge in [-0.1, -0.05) is 50.5 Å². The molecule has 1 aromatic rings. The van der Waals surface area contributed by atoms with Gasteiger partial charge >= 0.3 is 12.1 Å². The first-order chi connectivity index (χ1) is 16.7. The van der Waals surface area contributed by atoms with Crippen LogP contribution in [0.4, 0.5) is 4.79 Å². The summed E-state index contributed by atoms with van der Waals surface area (Å²) >= 11 is 4.04. The van der Waals surface area contributed by atoms with E-state index in [4.69, 9.17) is 9.29 Å². The lowest BCUT2D eigenvalue weighted by Crippen LogP contribution is -2.57. The SMILES string of the molecule is C#C.CC.CC(C)(C)OC(=O)N[C@H](C(=O)N1CCC[C@H]1C(=O)O)C(C)(C)C.OSc1ccc(Br)cc1. The third-order valence-corrected chi connectivity index (χ3v) is 5.53. The second kappa shape index (κ2) is 17.3. The average Bonchev–Trinajstić information content (AvgIpc) is 3.29. The Morgan fingerprint density at radius 2 is 1.61 bits per heavy atom. The largest absolute Gasteiger partial charge is 0.480 e. The Balaban J connectivity index is 0. The van der Waals surface area contributed by atoms with Crippen molar-refractivity contribution in [2.45, 2.75) is 90.8 Å². The molecule has 0 saturated carbocycles. The van der Waals surface area contributed by atoms with Crippen molar-refractivity contribution in [1.29, 1.82) is 0 Å². The second-order valence-corrected chi connectivity index (χ2v) is 11.1. The zero-order chi connectivity index (χ0) is 28.7. The third-order valence-electron chi connectivity index (χ3n) is 4.51. The molecule has 0 radical (unpaired) electrons. The molecule has 3 N–H and O–H groups in total. The van der Waals surface area contributed by atoms with Crippen LogP contribution in [0.1, 0.15) is 68.2 Å². The van der Waals surface area contributed by atoms with Crippen LogP contribution in [-0.2, 0) is 14.3 Å². The monoisotopic (exact) mass is 588 g/mol. The third kappa shape index (κ3) is 13.8. The van der Waals surface area contributed by atoms with Crippen molar-refractivity contribution in [2.75, 3.05) is 6.54 Å². The quantitative estimate of drug-likeness (QED) is 0.279. The number of hydrogen-bond donors (Lipinski definition) is 3. The van der Waals surface area contributed by atoms with Crippen LogP contribution in [0.25, 0.3) is 0 Å². The van der Waals surface area contributed by atoms with Gasteiger partial charge in [0.1, 0.15) is 17.7 Å². The van der Waals surface area contributed by atoms with E-state index in [-0.39, 0.29) is 5.91 Å². The van der Waals surface area contributed by atoms with Gasteiger partial charge in [0.15, 0.2) is 0 Å². The summed E-state index contributed by atoms with van der Waals surface area (Å²) < 4.78 is 14.8. The molecule has 0 aliphatic carbocycles. The number of amides is 2. The number of likely N-dealkylation sites (tertiary alicyclic amines) is 1. The summed E-state index contributed by atoms with van der Waals surface area (Å²) in [5, 5.41) is 11.9. The molecular weight excluding hydrogens is 548 g/mol. The van der Waals surface area contributed by atoms with Crippen LogP contribution < -0.4 is 5.32 Å².